The van der Waals surface area contributed by atoms with Crippen LogP contribution < -0.4 is 0 Å². The van der Waals surface area contributed by atoms with Gasteiger partial charge in [0.05, 0.1) is 6.10 Å². The second-order valence-corrected chi connectivity index (χ2v) is 3.29. The summed E-state index contributed by atoms with van der Waals surface area (Å²) in [7, 11) is 0. The normalized spacial score (nSPS) is 12.5. The van der Waals surface area contributed by atoms with Crippen LogP contribution in [0.2, 0.25) is 0 Å². The molecular formula is C8H14OS. The number of rotatable bonds is 5. The number of hydrogen-bond acceptors (Lipinski definition) is 2. The van der Waals surface area contributed by atoms with Crippen molar-refractivity contribution in [2.24, 2.45) is 0 Å². The van der Waals surface area contributed by atoms with Crippen molar-refractivity contribution in [1.82, 2.24) is 0 Å². The van der Waals surface area contributed by atoms with E-state index < -0.39 is 0 Å². The number of hydrogen-bond donors (Lipinski definition) is 1. The van der Waals surface area contributed by atoms with Crippen molar-refractivity contribution in [3.05, 3.63) is 0 Å². The third-order valence-electron chi connectivity index (χ3n) is 1.01. The Morgan fingerprint density at radius 2 is 2.40 bits per heavy atom. The molecule has 1 unspecified atom stereocenters. The number of aliphatic hydroxyl groups excluding tert-OH is 1. The predicted octanol–water partition coefficient (Wildman–Crippen LogP) is 1.51. The van der Waals surface area contributed by atoms with Gasteiger partial charge in [0.15, 0.2) is 0 Å². The highest BCUT2D eigenvalue weighted by molar-refractivity contribution is 7.99. The average molecular weight is 158 g/mol. The molecule has 0 spiro atoms. The topological polar surface area (TPSA) is 20.2 Å². The van der Waals surface area contributed by atoms with Crippen LogP contribution in [-0.4, -0.2) is 22.7 Å². The smallest absolute Gasteiger partial charge is 0.0739 e. The summed E-state index contributed by atoms with van der Waals surface area (Å²) in [5, 5.41) is 9.11. The molecule has 0 aromatic carbocycles. The van der Waals surface area contributed by atoms with Crippen molar-refractivity contribution in [1.29, 1.82) is 0 Å². The molecule has 2 heteroatoms. The van der Waals surface area contributed by atoms with Crippen LogP contribution in [0.1, 0.15) is 19.8 Å². The lowest BCUT2D eigenvalue weighted by molar-refractivity contribution is 0.205. The van der Waals surface area contributed by atoms with Crippen LogP contribution in [0.25, 0.3) is 0 Å². The molecule has 1 N–H and O–H groups in total. The van der Waals surface area contributed by atoms with Crippen LogP contribution in [0.5, 0.6) is 0 Å². The summed E-state index contributed by atoms with van der Waals surface area (Å²) in [6, 6.07) is 0. The maximum absolute atomic E-state index is 9.11. The fourth-order valence-corrected chi connectivity index (χ4v) is 1.40. The minimum absolute atomic E-state index is 0.304. The molecule has 58 valence electrons. The van der Waals surface area contributed by atoms with E-state index in [9.17, 15) is 0 Å². The monoisotopic (exact) mass is 158 g/mol. The van der Waals surface area contributed by atoms with E-state index in [1.165, 1.54) is 0 Å². The highest BCUT2D eigenvalue weighted by Gasteiger charge is 1.99. The molecule has 0 fully saturated rings. The summed E-state index contributed by atoms with van der Waals surface area (Å²) in [6.45, 7) is 2.13. The first-order valence-corrected chi connectivity index (χ1v) is 4.66. The molecular weight excluding hydrogens is 144 g/mol. The highest BCUT2D eigenvalue weighted by Crippen LogP contribution is 2.05. The summed E-state index contributed by atoms with van der Waals surface area (Å²) in [5.41, 5.74) is 0. The minimum atomic E-state index is -0.304. The van der Waals surface area contributed by atoms with Gasteiger partial charge in [-0.05, 0) is 12.2 Å². The van der Waals surface area contributed by atoms with E-state index in [4.69, 9.17) is 11.5 Å². The molecule has 0 saturated carbocycles. The van der Waals surface area contributed by atoms with Gasteiger partial charge >= 0.3 is 0 Å². The minimum Gasteiger partial charge on any atom is -0.391 e. The van der Waals surface area contributed by atoms with E-state index in [1.807, 2.05) is 0 Å². The molecule has 0 heterocycles. The maximum Gasteiger partial charge on any atom is 0.0739 e. The fourth-order valence-electron chi connectivity index (χ4n) is 0.559. The Balaban J connectivity index is 3.06. The van der Waals surface area contributed by atoms with Gasteiger partial charge < -0.3 is 5.11 Å². The molecule has 0 aromatic heterocycles. The van der Waals surface area contributed by atoms with Gasteiger partial charge in [-0.15, -0.1) is 12.3 Å². The van der Waals surface area contributed by atoms with Crippen LogP contribution in [0.3, 0.4) is 0 Å². The molecule has 0 aliphatic heterocycles. The van der Waals surface area contributed by atoms with Gasteiger partial charge in [0.25, 0.3) is 0 Å². The van der Waals surface area contributed by atoms with E-state index >= 15 is 0 Å². The summed E-state index contributed by atoms with van der Waals surface area (Å²) < 4.78 is 0. The summed E-state index contributed by atoms with van der Waals surface area (Å²) >= 11 is 1.76. The van der Waals surface area contributed by atoms with E-state index in [1.54, 1.807) is 11.8 Å². The van der Waals surface area contributed by atoms with Crippen molar-refractivity contribution in [3.8, 4) is 12.3 Å². The van der Waals surface area contributed by atoms with Gasteiger partial charge in [-0.3, -0.25) is 0 Å². The first kappa shape index (κ1) is 9.87. The van der Waals surface area contributed by atoms with Crippen LogP contribution in [0, 0.1) is 12.3 Å². The zero-order valence-electron chi connectivity index (χ0n) is 6.34. The number of aliphatic hydroxyl groups is 1. The fraction of sp³-hybridized carbons (Fsp3) is 0.750. The Morgan fingerprint density at radius 1 is 1.70 bits per heavy atom. The standard InChI is InChI=1S/C8H14OS/c1-3-5-8(9)7-10-6-4-2/h1,8-9H,4-7H2,2H3. The summed E-state index contributed by atoms with van der Waals surface area (Å²) in [6.07, 6.45) is 6.35. The zero-order valence-corrected chi connectivity index (χ0v) is 7.16. The Bertz CT molecular complexity index is 106. The second-order valence-electron chi connectivity index (χ2n) is 2.14. The lowest BCUT2D eigenvalue weighted by atomic mass is 10.3. The Morgan fingerprint density at radius 3 is 2.90 bits per heavy atom. The predicted molar refractivity (Wildman–Crippen MR) is 47.1 cm³/mol. The van der Waals surface area contributed by atoms with Gasteiger partial charge in [-0.1, -0.05) is 6.92 Å². The van der Waals surface area contributed by atoms with Crippen LogP contribution in [-0.2, 0) is 0 Å². The van der Waals surface area contributed by atoms with Crippen molar-refractivity contribution in [2.45, 2.75) is 25.9 Å². The second kappa shape index (κ2) is 6.98. The van der Waals surface area contributed by atoms with Crippen molar-refractivity contribution < 1.29 is 5.11 Å². The summed E-state index contributed by atoms with van der Waals surface area (Å²) in [4.78, 5) is 0. The van der Waals surface area contributed by atoms with E-state index in [0.717, 1.165) is 17.9 Å². The van der Waals surface area contributed by atoms with Crippen LogP contribution in [0.4, 0.5) is 0 Å². The third-order valence-corrected chi connectivity index (χ3v) is 2.33. The molecule has 1 atom stereocenters. The average Bonchev–Trinajstić information content (AvgIpc) is 1.89. The van der Waals surface area contributed by atoms with Crippen LogP contribution in [0.15, 0.2) is 0 Å². The quantitative estimate of drug-likeness (QED) is 0.483. The van der Waals surface area contributed by atoms with Gasteiger partial charge in [0.2, 0.25) is 0 Å². The van der Waals surface area contributed by atoms with Crippen molar-refractivity contribution >= 4 is 11.8 Å². The largest absolute Gasteiger partial charge is 0.391 e. The van der Waals surface area contributed by atoms with Gasteiger partial charge in [-0.25, -0.2) is 0 Å². The van der Waals surface area contributed by atoms with Gasteiger partial charge in [-0.2, -0.15) is 11.8 Å². The lowest BCUT2D eigenvalue weighted by Gasteiger charge is -2.04. The van der Waals surface area contributed by atoms with E-state index in [0.29, 0.717) is 6.42 Å². The Kier molecular flexibility index (Phi) is 6.89. The number of thioether (sulfide) groups is 1. The molecule has 0 amide bonds. The molecule has 0 radical (unpaired) electrons. The van der Waals surface area contributed by atoms with E-state index in [-0.39, 0.29) is 6.10 Å². The third kappa shape index (κ3) is 6.00. The summed E-state index contributed by atoms with van der Waals surface area (Å²) in [5.74, 6) is 4.32. The molecule has 0 rings (SSSR count). The van der Waals surface area contributed by atoms with Crippen molar-refractivity contribution in [3.63, 3.8) is 0 Å². The Hall–Kier alpha value is -0.130. The first-order valence-electron chi connectivity index (χ1n) is 3.50. The van der Waals surface area contributed by atoms with E-state index in [2.05, 4.69) is 12.8 Å². The maximum atomic E-state index is 9.11. The molecule has 0 bridgehead atoms. The molecule has 1 nitrogen and oxygen atoms in total. The molecule has 0 aromatic rings. The van der Waals surface area contributed by atoms with Crippen LogP contribution >= 0.6 is 11.8 Å². The molecule has 0 saturated heterocycles. The number of terminal acetylenes is 1. The van der Waals surface area contributed by atoms with Gasteiger partial charge in [0, 0.05) is 12.2 Å². The SMILES string of the molecule is C#CCC(O)CSCCC. The first-order chi connectivity index (χ1) is 4.81. The highest BCUT2D eigenvalue weighted by atomic mass is 32.2. The van der Waals surface area contributed by atoms with Crippen molar-refractivity contribution in [2.75, 3.05) is 11.5 Å². The lowest BCUT2D eigenvalue weighted by Crippen LogP contribution is -2.08. The zero-order chi connectivity index (χ0) is 7.82. The Labute approximate surface area is 67.2 Å². The molecule has 0 aliphatic carbocycles. The molecule has 0 aliphatic rings. The molecule has 10 heavy (non-hydrogen) atoms. The van der Waals surface area contributed by atoms with Gasteiger partial charge in [0.1, 0.15) is 0 Å².